The average Bonchev–Trinajstić information content (AvgIpc) is 2.45. The number of rotatable bonds is 8. The zero-order valence-electron chi connectivity index (χ0n) is 11.9. The summed E-state index contributed by atoms with van der Waals surface area (Å²) in [7, 11) is 0. The Morgan fingerprint density at radius 3 is 2.60 bits per heavy atom. The first-order valence-corrected chi connectivity index (χ1v) is 7.89. The second-order valence-corrected chi connectivity index (χ2v) is 5.68. The fraction of sp³-hybridized carbons (Fsp3) is 0.533. The molecule has 1 atom stereocenters. The molecular weight excluding hydrogens is 277 g/mol. The Kier molecular flexibility index (Phi) is 7.62. The van der Waals surface area contributed by atoms with Crippen LogP contribution in [0.5, 0.6) is 0 Å². The van der Waals surface area contributed by atoms with E-state index >= 15 is 0 Å². The Bertz CT molecular complexity index is 424. The van der Waals surface area contributed by atoms with Gasteiger partial charge in [-0.2, -0.15) is 0 Å². The third-order valence-corrected chi connectivity index (χ3v) is 4.35. The van der Waals surface area contributed by atoms with Crippen LogP contribution >= 0.6 is 11.8 Å². The first kappa shape index (κ1) is 17.0. The van der Waals surface area contributed by atoms with Gasteiger partial charge in [-0.1, -0.05) is 38.8 Å². The fourth-order valence-electron chi connectivity index (χ4n) is 1.97. The standard InChI is InChI=1S/C15H22FNO2S/c1-3-11(4-2)13(18)9-17-15(19)10-20-14-8-6-5-7-12(14)16/h5-8,11,13,18H,3-4,9-10H2,1-2H3,(H,17,19). The summed E-state index contributed by atoms with van der Waals surface area (Å²) in [5.74, 6) is -0.156. The number of aliphatic hydroxyl groups excluding tert-OH is 1. The van der Waals surface area contributed by atoms with Crippen molar-refractivity contribution in [3.05, 3.63) is 30.1 Å². The molecule has 20 heavy (non-hydrogen) atoms. The minimum Gasteiger partial charge on any atom is -0.391 e. The van der Waals surface area contributed by atoms with Gasteiger partial charge in [0, 0.05) is 11.4 Å². The number of hydrogen-bond acceptors (Lipinski definition) is 3. The smallest absolute Gasteiger partial charge is 0.230 e. The molecule has 112 valence electrons. The van der Waals surface area contributed by atoms with Crippen LogP contribution in [0.1, 0.15) is 26.7 Å². The molecular formula is C15H22FNO2S. The fourth-order valence-corrected chi connectivity index (χ4v) is 2.74. The number of amides is 1. The van der Waals surface area contributed by atoms with Crippen molar-refractivity contribution in [2.24, 2.45) is 5.92 Å². The molecule has 0 aliphatic rings. The highest BCUT2D eigenvalue weighted by Crippen LogP contribution is 2.20. The molecule has 0 saturated heterocycles. The maximum atomic E-state index is 13.4. The monoisotopic (exact) mass is 299 g/mol. The van der Waals surface area contributed by atoms with E-state index in [1.165, 1.54) is 6.07 Å². The van der Waals surface area contributed by atoms with E-state index in [0.29, 0.717) is 4.90 Å². The molecule has 0 aliphatic carbocycles. The van der Waals surface area contributed by atoms with Crippen LogP contribution in [0.4, 0.5) is 4.39 Å². The lowest BCUT2D eigenvalue weighted by atomic mass is 9.97. The second kappa shape index (κ2) is 8.97. The van der Waals surface area contributed by atoms with Crippen molar-refractivity contribution in [2.45, 2.75) is 37.7 Å². The summed E-state index contributed by atoms with van der Waals surface area (Å²) in [4.78, 5) is 12.1. The highest BCUT2D eigenvalue weighted by molar-refractivity contribution is 8.00. The molecule has 0 heterocycles. The molecule has 0 saturated carbocycles. The van der Waals surface area contributed by atoms with Crippen LogP contribution < -0.4 is 5.32 Å². The van der Waals surface area contributed by atoms with E-state index < -0.39 is 6.10 Å². The molecule has 1 rings (SSSR count). The molecule has 2 N–H and O–H groups in total. The third-order valence-electron chi connectivity index (χ3n) is 3.30. The van der Waals surface area contributed by atoms with Crippen molar-refractivity contribution in [1.82, 2.24) is 5.32 Å². The van der Waals surface area contributed by atoms with Gasteiger partial charge in [0.1, 0.15) is 5.82 Å². The van der Waals surface area contributed by atoms with E-state index in [9.17, 15) is 14.3 Å². The summed E-state index contributed by atoms with van der Waals surface area (Å²) in [5.41, 5.74) is 0. The Hall–Kier alpha value is -1.07. The van der Waals surface area contributed by atoms with Crippen LogP contribution in [0.15, 0.2) is 29.2 Å². The zero-order chi connectivity index (χ0) is 15.0. The summed E-state index contributed by atoms with van der Waals surface area (Å²) >= 11 is 1.16. The van der Waals surface area contributed by atoms with E-state index in [1.807, 2.05) is 13.8 Å². The van der Waals surface area contributed by atoms with Gasteiger partial charge < -0.3 is 10.4 Å². The highest BCUT2D eigenvalue weighted by atomic mass is 32.2. The van der Waals surface area contributed by atoms with E-state index in [-0.39, 0.29) is 29.9 Å². The van der Waals surface area contributed by atoms with Gasteiger partial charge in [-0.3, -0.25) is 4.79 Å². The molecule has 0 aromatic heterocycles. The van der Waals surface area contributed by atoms with Crippen molar-refractivity contribution in [3.8, 4) is 0 Å². The first-order valence-electron chi connectivity index (χ1n) is 6.90. The van der Waals surface area contributed by atoms with E-state index in [1.54, 1.807) is 18.2 Å². The SMILES string of the molecule is CCC(CC)C(O)CNC(=O)CSc1ccccc1F. The van der Waals surface area contributed by atoms with Crippen LogP contribution in [-0.2, 0) is 4.79 Å². The maximum absolute atomic E-state index is 13.4. The quantitative estimate of drug-likeness (QED) is 0.726. The van der Waals surface area contributed by atoms with E-state index in [0.717, 1.165) is 24.6 Å². The van der Waals surface area contributed by atoms with Gasteiger partial charge in [-0.25, -0.2) is 4.39 Å². The number of carbonyl (C=O) groups excluding carboxylic acids is 1. The van der Waals surface area contributed by atoms with Gasteiger partial charge in [0.05, 0.1) is 11.9 Å². The number of aliphatic hydroxyl groups is 1. The van der Waals surface area contributed by atoms with E-state index in [4.69, 9.17) is 0 Å². The Morgan fingerprint density at radius 2 is 2.00 bits per heavy atom. The minimum atomic E-state index is -0.521. The van der Waals surface area contributed by atoms with Crippen molar-refractivity contribution in [3.63, 3.8) is 0 Å². The Labute approximate surface area is 124 Å². The molecule has 1 unspecified atom stereocenters. The Morgan fingerprint density at radius 1 is 1.35 bits per heavy atom. The van der Waals surface area contributed by atoms with Gasteiger partial charge in [-0.15, -0.1) is 11.8 Å². The summed E-state index contributed by atoms with van der Waals surface area (Å²) in [6.07, 6.45) is 1.25. The van der Waals surface area contributed by atoms with Crippen molar-refractivity contribution < 1.29 is 14.3 Å². The minimum absolute atomic E-state index is 0.149. The van der Waals surface area contributed by atoms with Crippen molar-refractivity contribution >= 4 is 17.7 Å². The van der Waals surface area contributed by atoms with Crippen molar-refractivity contribution in [2.75, 3.05) is 12.3 Å². The largest absolute Gasteiger partial charge is 0.391 e. The number of benzene rings is 1. The van der Waals surface area contributed by atoms with Gasteiger partial charge in [0.25, 0.3) is 0 Å². The van der Waals surface area contributed by atoms with Gasteiger partial charge >= 0.3 is 0 Å². The van der Waals surface area contributed by atoms with Gasteiger partial charge in [0.2, 0.25) is 5.91 Å². The zero-order valence-corrected chi connectivity index (χ0v) is 12.8. The highest BCUT2D eigenvalue weighted by Gasteiger charge is 2.16. The summed E-state index contributed by atoms with van der Waals surface area (Å²) < 4.78 is 13.4. The summed E-state index contributed by atoms with van der Waals surface area (Å²) in [5, 5.41) is 12.6. The molecule has 0 bridgehead atoms. The number of hydrogen-bond donors (Lipinski definition) is 2. The van der Waals surface area contributed by atoms with Crippen LogP contribution in [0, 0.1) is 11.7 Å². The molecule has 1 aromatic carbocycles. The van der Waals surface area contributed by atoms with Crippen LogP contribution in [0.25, 0.3) is 0 Å². The molecule has 5 heteroatoms. The molecule has 1 amide bonds. The number of thioether (sulfide) groups is 1. The van der Waals surface area contributed by atoms with E-state index in [2.05, 4.69) is 5.32 Å². The topological polar surface area (TPSA) is 49.3 Å². The average molecular weight is 299 g/mol. The van der Waals surface area contributed by atoms with Gasteiger partial charge in [-0.05, 0) is 18.1 Å². The lowest BCUT2D eigenvalue weighted by Crippen LogP contribution is -2.36. The third kappa shape index (κ3) is 5.51. The maximum Gasteiger partial charge on any atom is 0.230 e. The molecule has 3 nitrogen and oxygen atoms in total. The first-order chi connectivity index (χ1) is 9.58. The number of carbonyl (C=O) groups is 1. The molecule has 0 fully saturated rings. The number of halogens is 1. The lowest BCUT2D eigenvalue weighted by Gasteiger charge is -2.20. The van der Waals surface area contributed by atoms with Crippen LogP contribution in [0.2, 0.25) is 0 Å². The molecule has 0 radical (unpaired) electrons. The Balaban J connectivity index is 2.32. The normalized spacial score (nSPS) is 12.4. The van der Waals surface area contributed by atoms with Gasteiger partial charge in [0.15, 0.2) is 0 Å². The van der Waals surface area contributed by atoms with Crippen LogP contribution in [0.3, 0.4) is 0 Å². The second-order valence-electron chi connectivity index (χ2n) is 4.67. The molecule has 0 aliphatic heterocycles. The molecule has 1 aromatic rings. The number of nitrogens with one attached hydrogen (secondary N) is 1. The summed E-state index contributed by atoms with van der Waals surface area (Å²) in [6.45, 7) is 4.30. The predicted molar refractivity (Wildman–Crippen MR) is 80.2 cm³/mol. The lowest BCUT2D eigenvalue weighted by molar-refractivity contribution is -0.119. The molecule has 0 spiro atoms. The van der Waals surface area contributed by atoms with Crippen LogP contribution in [-0.4, -0.2) is 29.4 Å². The predicted octanol–water partition coefficient (Wildman–Crippen LogP) is 2.83. The van der Waals surface area contributed by atoms with Crippen molar-refractivity contribution in [1.29, 1.82) is 0 Å². The summed E-state index contributed by atoms with van der Waals surface area (Å²) in [6, 6.07) is 6.37.